The van der Waals surface area contributed by atoms with E-state index in [1.807, 2.05) is 36.4 Å². The Kier molecular flexibility index (Phi) is 3.60. The number of anilines is 2. The molecule has 0 atom stereocenters. The van der Waals surface area contributed by atoms with E-state index in [0.29, 0.717) is 11.3 Å². The number of furan rings is 1. The molecule has 0 bridgehead atoms. The van der Waals surface area contributed by atoms with Crippen LogP contribution in [0.2, 0.25) is 0 Å². The van der Waals surface area contributed by atoms with Crippen LogP contribution in [0.4, 0.5) is 11.4 Å². The van der Waals surface area contributed by atoms with E-state index in [2.05, 4.69) is 26.5 Å². The second-order valence-corrected chi connectivity index (χ2v) is 6.44. The summed E-state index contributed by atoms with van der Waals surface area (Å²) in [5.41, 5.74) is 6.19. The third kappa shape index (κ3) is 2.62. The summed E-state index contributed by atoms with van der Waals surface area (Å²) in [7, 11) is 0. The van der Waals surface area contributed by atoms with Crippen LogP contribution in [0.15, 0.2) is 70.6 Å². The van der Waals surface area contributed by atoms with Crippen molar-refractivity contribution in [3.63, 3.8) is 0 Å². The lowest BCUT2D eigenvalue weighted by Gasteiger charge is -2.09. The topological polar surface area (TPSA) is 83.5 Å². The standard InChI is InChI=1S/C21H16N4O2/c26-25-17-7-4-13-11-14(5-6-15(13)17)24-20-16-8-10-22-12-19(16)27-21(20)18-3-1-2-9-23-18/h1-3,5-6,8-12,24,26H,4,7H2/b25-17+. The average Bonchev–Trinajstić information content (AvgIpc) is 3.30. The molecule has 0 aliphatic heterocycles. The van der Waals surface area contributed by atoms with Gasteiger partial charge in [0.2, 0.25) is 0 Å². The highest BCUT2D eigenvalue weighted by molar-refractivity contribution is 6.05. The number of aromatic nitrogens is 2. The zero-order chi connectivity index (χ0) is 18.2. The van der Waals surface area contributed by atoms with Crippen LogP contribution in [0.25, 0.3) is 22.4 Å². The zero-order valence-electron chi connectivity index (χ0n) is 14.4. The number of aryl methyl sites for hydroxylation is 1. The highest BCUT2D eigenvalue weighted by Crippen LogP contribution is 2.39. The third-order valence-corrected chi connectivity index (χ3v) is 4.83. The minimum absolute atomic E-state index is 0.678. The summed E-state index contributed by atoms with van der Waals surface area (Å²) in [6, 6.07) is 13.7. The molecule has 1 aliphatic carbocycles. The Morgan fingerprint density at radius 3 is 2.89 bits per heavy atom. The number of pyridine rings is 2. The van der Waals surface area contributed by atoms with Gasteiger partial charge in [-0.05, 0) is 48.7 Å². The number of nitrogens with zero attached hydrogens (tertiary/aromatic N) is 3. The number of benzene rings is 1. The van der Waals surface area contributed by atoms with Gasteiger partial charge in [0, 0.05) is 29.0 Å². The van der Waals surface area contributed by atoms with Crippen molar-refractivity contribution >= 4 is 28.1 Å². The summed E-state index contributed by atoms with van der Waals surface area (Å²) >= 11 is 0. The fraction of sp³-hybridized carbons (Fsp3) is 0.0952. The van der Waals surface area contributed by atoms with Crippen LogP contribution >= 0.6 is 0 Å². The first-order valence-electron chi connectivity index (χ1n) is 8.72. The number of rotatable bonds is 3. The van der Waals surface area contributed by atoms with Crippen LogP contribution in [-0.2, 0) is 6.42 Å². The lowest BCUT2D eigenvalue weighted by molar-refractivity contribution is 0.318. The molecule has 3 heterocycles. The van der Waals surface area contributed by atoms with Gasteiger partial charge in [0.25, 0.3) is 0 Å². The monoisotopic (exact) mass is 356 g/mol. The predicted molar refractivity (Wildman–Crippen MR) is 104 cm³/mol. The Bertz CT molecular complexity index is 1170. The van der Waals surface area contributed by atoms with Crippen molar-refractivity contribution in [1.82, 2.24) is 9.97 Å². The maximum atomic E-state index is 9.12. The largest absolute Gasteiger partial charge is 0.451 e. The first kappa shape index (κ1) is 15.6. The second kappa shape index (κ2) is 6.25. The Balaban J connectivity index is 1.61. The lowest BCUT2D eigenvalue weighted by Crippen LogP contribution is -1.96. The highest BCUT2D eigenvalue weighted by Gasteiger charge is 2.20. The number of oxime groups is 1. The molecule has 6 nitrogen and oxygen atoms in total. The third-order valence-electron chi connectivity index (χ3n) is 4.83. The van der Waals surface area contributed by atoms with Gasteiger partial charge in [-0.3, -0.25) is 9.97 Å². The number of hydrogen-bond acceptors (Lipinski definition) is 6. The van der Waals surface area contributed by atoms with Crippen molar-refractivity contribution < 1.29 is 9.62 Å². The minimum Gasteiger partial charge on any atom is -0.451 e. The smallest absolute Gasteiger partial charge is 0.177 e. The van der Waals surface area contributed by atoms with Gasteiger partial charge in [-0.15, -0.1) is 0 Å². The van der Waals surface area contributed by atoms with Crippen molar-refractivity contribution in [2.45, 2.75) is 12.8 Å². The minimum atomic E-state index is 0.678. The van der Waals surface area contributed by atoms with E-state index < -0.39 is 0 Å². The summed E-state index contributed by atoms with van der Waals surface area (Å²) < 4.78 is 6.04. The quantitative estimate of drug-likeness (QED) is 0.408. The number of nitrogens with one attached hydrogen (secondary N) is 1. The lowest BCUT2D eigenvalue weighted by atomic mass is 10.1. The van der Waals surface area contributed by atoms with Crippen LogP contribution in [0.3, 0.4) is 0 Å². The van der Waals surface area contributed by atoms with E-state index in [0.717, 1.165) is 46.6 Å². The molecule has 0 fully saturated rings. The molecule has 132 valence electrons. The summed E-state index contributed by atoms with van der Waals surface area (Å²) in [5, 5.41) is 17.0. The van der Waals surface area contributed by atoms with Crippen LogP contribution in [0.1, 0.15) is 17.5 Å². The Hall–Kier alpha value is -3.67. The van der Waals surface area contributed by atoms with Crippen LogP contribution in [-0.4, -0.2) is 20.9 Å². The molecule has 0 spiro atoms. The van der Waals surface area contributed by atoms with Gasteiger partial charge in [-0.2, -0.15) is 0 Å². The van der Waals surface area contributed by atoms with E-state index in [1.54, 1.807) is 18.6 Å². The van der Waals surface area contributed by atoms with Crippen molar-refractivity contribution in [1.29, 1.82) is 0 Å². The van der Waals surface area contributed by atoms with Gasteiger partial charge in [-0.1, -0.05) is 17.3 Å². The molecule has 0 saturated heterocycles. The normalized spacial score (nSPS) is 14.6. The van der Waals surface area contributed by atoms with E-state index >= 15 is 0 Å². The molecule has 4 aromatic rings. The summed E-state index contributed by atoms with van der Waals surface area (Å²) in [4.78, 5) is 8.58. The SMILES string of the molecule is O/N=C1\CCc2cc(Nc3c(-c4ccccn4)oc4cnccc34)ccc21. The highest BCUT2D eigenvalue weighted by atomic mass is 16.4. The fourth-order valence-corrected chi connectivity index (χ4v) is 3.55. The Morgan fingerprint density at radius 1 is 1.07 bits per heavy atom. The van der Waals surface area contributed by atoms with Gasteiger partial charge in [0.1, 0.15) is 5.69 Å². The number of hydrogen-bond donors (Lipinski definition) is 2. The predicted octanol–water partition coefficient (Wildman–Crippen LogP) is 4.76. The van der Waals surface area contributed by atoms with Gasteiger partial charge < -0.3 is 14.9 Å². The molecule has 2 N–H and O–H groups in total. The second-order valence-electron chi connectivity index (χ2n) is 6.44. The molecule has 0 unspecified atom stereocenters. The molecule has 6 heteroatoms. The summed E-state index contributed by atoms with van der Waals surface area (Å²) in [5.74, 6) is 0.678. The summed E-state index contributed by atoms with van der Waals surface area (Å²) in [6.45, 7) is 0. The van der Waals surface area contributed by atoms with E-state index in [4.69, 9.17) is 9.62 Å². The van der Waals surface area contributed by atoms with E-state index in [-0.39, 0.29) is 0 Å². The van der Waals surface area contributed by atoms with Crippen molar-refractivity contribution in [3.05, 3.63) is 72.2 Å². The number of fused-ring (bicyclic) bond motifs is 2. The van der Waals surface area contributed by atoms with E-state index in [9.17, 15) is 0 Å². The van der Waals surface area contributed by atoms with Crippen molar-refractivity contribution in [2.75, 3.05) is 5.32 Å². The molecule has 27 heavy (non-hydrogen) atoms. The first-order valence-corrected chi connectivity index (χ1v) is 8.72. The molecule has 0 amide bonds. The molecule has 1 aliphatic rings. The average molecular weight is 356 g/mol. The molecular formula is C21H16N4O2. The molecule has 1 aromatic carbocycles. The van der Waals surface area contributed by atoms with E-state index in [1.165, 1.54) is 5.56 Å². The summed E-state index contributed by atoms with van der Waals surface area (Å²) in [6.07, 6.45) is 6.83. The Morgan fingerprint density at radius 2 is 2.04 bits per heavy atom. The molecule has 0 saturated carbocycles. The fourth-order valence-electron chi connectivity index (χ4n) is 3.55. The Labute approximate surface area is 155 Å². The van der Waals surface area contributed by atoms with Crippen molar-refractivity contribution in [2.24, 2.45) is 5.16 Å². The van der Waals surface area contributed by atoms with Crippen molar-refractivity contribution in [3.8, 4) is 11.5 Å². The maximum Gasteiger partial charge on any atom is 0.177 e. The van der Waals surface area contributed by atoms with Gasteiger partial charge in [0.05, 0.1) is 17.6 Å². The van der Waals surface area contributed by atoms with Gasteiger partial charge in [-0.25, -0.2) is 0 Å². The molecular weight excluding hydrogens is 340 g/mol. The van der Waals surface area contributed by atoms with Crippen LogP contribution < -0.4 is 5.32 Å². The van der Waals surface area contributed by atoms with Gasteiger partial charge in [0.15, 0.2) is 11.3 Å². The molecule has 3 aromatic heterocycles. The molecule has 0 radical (unpaired) electrons. The molecule has 5 rings (SSSR count). The maximum absolute atomic E-state index is 9.12. The zero-order valence-corrected chi connectivity index (χ0v) is 14.4. The van der Waals surface area contributed by atoms with Gasteiger partial charge >= 0.3 is 0 Å². The van der Waals surface area contributed by atoms with Crippen LogP contribution in [0.5, 0.6) is 0 Å². The van der Waals surface area contributed by atoms with Crippen LogP contribution in [0, 0.1) is 0 Å². The first-order chi connectivity index (χ1) is 13.3.